The highest BCUT2D eigenvalue weighted by Crippen LogP contribution is 2.24. The molecule has 6 heteroatoms. The number of hydrogen-bond acceptors (Lipinski definition) is 4. The minimum Gasteiger partial charge on any atom is -0.495 e. The summed E-state index contributed by atoms with van der Waals surface area (Å²) in [7, 11) is 1.58. The van der Waals surface area contributed by atoms with Gasteiger partial charge in [0.15, 0.2) is 0 Å². The quantitative estimate of drug-likeness (QED) is 0.691. The fourth-order valence-electron chi connectivity index (χ4n) is 1.37. The van der Waals surface area contributed by atoms with Gasteiger partial charge in [-0.05, 0) is 17.7 Å². The van der Waals surface area contributed by atoms with E-state index in [1.54, 1.807) is 7.11 Å². The van der Waals surface area contributed by atoms with Gasteiger partial charge in [-0.1, -0.05) is 17.7 Å². The average molecular weight is 273 g/mol. The van der Waals surface area contributed by atoms with Crippen LogP contribution >= 0.6 is 11.6 Å². The third-order valence-electron chi connectivity index (χ3n) is 2.21. The molecule has 3 N–H and O–H groups in total. The Hall–Kier alpha value is -1.30. The number of methoxy groups -OCH3 is 1. The largest absolute Gasteiger partial charge is 0.495 e. The molecule has 0 spiro atoms. The van der Waals surface area contributed by atoms with Crippen molar-refractivity contribution in [1.82, 2.24) is 5.32 Å². The summed E-state index contributed by atoms with van der Waals surface area (Å²) in [6.45, 7) is 1.70. The number of benzene rings is 1. The van der Waals surface area contributed by atoms with Crippen molar-refractivity contribution in [2.24, 2.45) is 5.73 Å². The Morgan fingerprint density at radius 2 is 2.28 bits per heavy atom. The third kappa shape index (κ3) is 5.35. The Labute approximate surface area is 111 Å². The Kier molecular flexibility index (Phi) is 6.49. The Balaban J connectivity index is 2.23. The Morgan fingerprint density at radius 3 is 2.89 bits per heavy atom. The summed E-state index contributed by atoms with van der Waals surface area (Å²) in [5.41, 5.74) is 5.98. The molecule has 0 unspecified atom stereocenters. The molecule has 100 valence electrons. The molecule has 0 aliphatic rings. The lowest BCUT2D eigenvalue weighted by molar-refractivity contribution is -0.122. The van der Waals surface area contributed by atoms with Crippen LogP contribution in [0.3, 0.4) is 0 Å². The van der Waals surface area contributed by atoms with E-state index in [0.717, 1.165) is 5.56 Å². The summed E-state index contributed by atoms with van der Waals surface area (Å²) in [5.74, 6) is 0.196. The maximum atomic E-state index is 10.4. The predicted octanol–water partition coefficient (Wildman–Crippen LogP) is 0.940. The number of carbonyl (C=O) groups excluding carboxylic acids is 1. The summed E-state index contributed by atoms with van der Waals surface area (Å²) in [6, 6.07) is 5.60. The van der Waals surface area contributed by atoms with Gasteiger partial charge in [-0.15, -0.1) is 0 Å². The molecule has 0 atom stereocenters. The van der Waals surface area contributed by atoms with E-state index in [1.807, 2.05) is 18.2 Å². The molecule has 0 aromatic heterocycles. The topological polar surface area (TPSA) is 73.6 Å². The van der Waals surface area contributed by atoms with Crippen molar-refractivity contribution in [1.29, 1.82) is 0 Å². The van der Waals surface area contributed by atoms with E-state index in [9.17, 15) is 4.79 Å². The fourth-order valence-corrected chi connectivity index (χ4v) is 1.65. The first-order valence-corrected chi connectivity index (χ1v) is 5.90. The molecule has 0 aliphatic heterocycles. The molecule has 1 aromatic carbocycles. The van der Waals surface area contributed by atoms with Gasteiger partial charge >= 0.3 is 0 Å². The second kappa shape index (κ2) is 7.92. The van der Waals surface area contributed by atoms with Gasteiger partial charge in [0, 0.05) is 13.1 Å². The van der Waals surface area contributed by atoms with Crippen molar-refractivity contribution < 1.29 is 14.3 Å². The van der Waals surface area contributed by atoms with E-state index in [4.69, 9.17) is 26.8 Å². The molecule has 18 heavy (non-hydrogen) atoms. The highest BCUT2D eigenvalue weighted by atomic mass is 35.5. The van der Waals surface area contributed by atoms with Gasteiger partial charge in [0.25, 0.3) is 0 Å². The first-order valence-electron chi connectivity index (χ1n) is 5.52. The zero-order valence-corrected chi connectivity index (χ0v) is 11.0. The van der Waals surface area contributed by atoms with Crippen LogP contribution in [0.1, 0.15) is 5.56 Å². The van der Waals surface area contributed by atoms with Crippen LogP contribution in [-0.2, 0) is 16.1 Å². The summed E-state index contributed by atoms with van der Waals surface area (Å²) < 4.78 is 10.1. The van der Waals surface area contributed by atoms with E-state index in [0.29, 0.717) is 30.5 Å². The second-order valence-corrected chi connectivity index (χ2v) is 4.07. The van der Waals surface area contributed by atoms with E-state index >= 15 is 0 Å². The zero-order chi connectivity index (χ0) is 13.4. The molecule has 0 aliphatic carbocycles. The summed E-state index contributed by atoms with van der Waals surface area (Å²) in [6.07, 6.45) is 0. The molecule has 5 nitrogen and oxygen atoms in total. The summed E-state index contributed by atoms with van der Waals surface area (Å²) >= 11 is 6.00. The number of nitrogens with one attached hydrogen (secondary N) is 1. The molecule has 0 bridgehead atoms. The normalized spacial score (nSPS) is 10.3. The molecule has 0 saturated carbocycles. The van der Waals surface area contributed by atoms with Crippen LogP contribution in [0.5, 0.6) is 5.75 Å². The SMILES string of the molecule is COc1ccc(CNCCOCC(N)=O)cc1Cl. The first kappa shape index (κ1) is 14.8. The second-order valence-electron chi connectivity index (χ2n) is 3.66. The molecule has 1 amide bonds. The van der Waals surface area contributed by atoms with Gasteiger partial charge in [-0.3, -0.25) is 4.79 Å². The van der Waals surface area contributed by atoms with Crippen molar-refractivity contribution in [3.05, 3.63) is 28.8 Å². The van der Waals surface area contributed by atoms with Crippen molar-refractivity contribution in [3.63, 3.8) is 0 Å². The summed E-state index contributed by atoms with van der Waals surface area (Å²) in [4.78, 5) is 10.4. The lowest BCUT2D eigenvalue weighted by atomic mass is 10.2. The maximum Gasteiger partial charge on any atom is 0.243 e. The van der Waals surface area contributed by atoms with Crippen LogP contribution in [0.25, 0.3) is 0 Å². The minimum atomic E-state index is -0.461. The molecular formula is C12H17ClN2O3. The van der Waals surface area contributed by atoms with Crippen LogP contribution < -0.4 is 15.8 Å². The first-order chi connectivity index (χ1) is 8.63. The van der Waals surface area contributed by atoms with Crippen molar-refractivity contribution in [2.45, 2.75) is 6.54 Å². The highest BCUT2D eigenvalue weighted by Gasteiger charge is 2.01. The van der Waals surface area contributed by atoms with Gasteiger partial charge < -0.3 is 20.5 Å². The number of carbonyl (C=O) groups is 1. The smallest absolute Gasteiger partial charge is 0.243 e. The predicted molar refractivity (Wildman–Crippen MR) is 69.7 cm³/mol. The molecule has 0 fully saturated rings. The number of rotatable bonds is 8. The molecule has 0 radical (unpaired) electrons. The van der Waals surface area contributed by atoms with Crippen LogP contribution in [0.15, 0.2) is 18.2 Å². The number of primary amides is 1. The molecule has 1 aromatic rings. The van der Waals surface area contributed by atoms with E-state index in [-0.39, 0.29) is 6.61 Å². The van der Waals surface area contributed by atoms with Crippen LogP contribution in [0.2, 0.25) is 5.02 Å². The van der Waals surface area contributed by atoms with E-state index in [1.165, 1.54) is 0 Å². The van der Waals surface area contributed by atoms with Gasteiger partial charge in [-0.2, -0.15) is 0 Å². The van der Waals surface area contributed by atoms with Gasteiger partial charge in [0.05, 0.1) is 18.7 Å². The van der Waals surface area contributed by atoms with Crippen LogP contribution in [0.4, 0.5) is 0 Å². The van der Waals surface area contributed by atoms with Crippen LogP contribution in [-0.4, -0.2) is 32.8 Å². The average Bonchev–Trinajstić information content (AvgIpc) is 2.33. The number of nitrogens with two attached hydrogens (primary N) is 1. The van der Waals surface area contributed by atoms with Crippen molar-refractivity contribution >= 4 is 17.5 Å². The Bertz CT molecular complexity index is 399. The number of amides is 1. The van der Waals surface area contributed by atoms with Crippen molar-refractivity contribution in [3.8, 4) is 5.75 Å². The van der Waals surface area contributed by atoms with Crippen LogP contribution in [0, 0.1) is 0 Å². The highest BCUT2D eigenvalue weighted by molar-refractivity contribution is 6.32. The Morgan fingerprint density at radius 1 is 1.50 bits per heavy atom. The molecule has 0 heterocycles. The molecule has 1 rings (SSSR count). The minimum absolute atomic E-state index is 0.0456. The van der Waals surface area contributed by atoms with E-state index < -0.39 is 5.91 Å². The zero-order valence-electron chi connectivity index (χ0n) is 10.2. The van der Waals surface area contributed by atoms with Crippen molar-refractivity contribution in [2.75, 3.05) is 26.9 Å². The standard InChI is InChI=1S/C12H17ClN2O3/c1-17-11-3-2-9(6-10(11)13)7-15-4-5-18-8-12(14)16/h2-3,6,15H,4-5,7-8H2,1H3,(H2,14,16). The summed E-state index contributed by atoms with van der Waals surface area (Å²) in [5, 5.41) is 3.75. The fraction of sp³-hybridized carbons (Fsp3) is 0.417. The number of hydrogen-bond donors (Lipinski definition) is 2. The number of halogens is 1. The van der Waals surface area contributed by atoms with Gasteiger partial charge in [0.2, 0.25) is 5.91 Å². The van der Waals surface area contributed by atoms with E-state index in [2.05, 4.69) is 5.32 Å². The molecule has 0 saturated heterocycles. The third-order valence-corrected chi connectivity index (χ3v) is 2.51. The number of ether oxygens (including phenoxy) is 2. The maximum absolute atomic E-state index is 10.4. The van der Waals surface area contributed by atoms with Gasteiger partial charge in [0.1, 0.15) is 12.4 Å². The lowest BCUT2D eigenvalue weighted by Gasteiger charge is -2.07. The monoisotopic (exact) mass is 272 g/mol. The van der Waals surface area contributed by atoms with Gasteiger partial charge in [-0.25, -0.2) is 0 Å². The molecular weight excluding hydrogens is 256 g/mol. The lowest BCUT2D eigenvalue weighted by Crippen LogP contribution is -2.23.